The van der Waals surface area contributed by atoms with Gasteiger partial charge in [0.25, 0.3) is 0 Å². The van der Waals surface area contributed by atoms with Gasteiger partial charge in [-0.15, -0.1) is 0 Å². The van der Waals surface area contributed by atoms with E-state index in [1.807, 2.05) is 11.8 Å². The highest BCUT2D eigenvalue weighted by Crippen LogP contribution is 2.43. The number of rotatable bonds is 5. The number of carbonyl (C=O) groups excluding carboxylic acids is 2. The molecule has 0 unspecified atom stereocenters. The second-order valence-electron chi connectivity index (χ2n) is 6.14. The van der Waals surface area contributed by atoms with E-state index in [1.165, 1.54) is 6.42 Å². The summed E-state index contributed by atoms with van der Waals surface area (Å²) in [4.78, 5) is 25.9. The number of ether oxygens (including phenoxy) is 1. The molecule has 114 valence electrons. The minimum Gasteiger partial charge on any atom is -0.466 e. The Morgan fingerprint density at radius 1 is 1.30 bits per heavy atom. The van der Waals surface area contributed by atoms with Crippen molar-refractivity contribution in [3.63, 3.8) is 0 Å². The molecule has 2 aliphatic rings. The third-order valence-corrected chi connectivity index (χ3v) is 4.84. The first-order chi connectivity index (χ1) is 9.60. The fourth-order valence-corrected chi connectivity index (χ4v) is 3.19. The highest BCUT2D eigenvalue weighted by atomic mass is 16.5. The summed E-state index contributed by atoms with van der Waals surface area (Å²) >= 11 is 0. The van der Waals surface area contributed by atoms with Crippen molar-refractivity contribution in [2.45, 2.75) is 45.4 Å². The number of hydrogen-bond donors (Lipinski definition) is 1. The van der Waals surface area contributed by atoms with E-state index in [0.717, 1.165) is 25.7 Å². The van der Waals surface area contributed by atoms with Gasteiger partial charge in [0.05, 0.1) is 12.5 Å². The molecule has 1 aliphatic carbocycles. The van der Waals surface area contributed by atoms with Gasteiger partial charge in [-0.25, -0.2) is 0 Å². The van der Waals surface area contributed by atoms with Crippen molar-refractivity contribution in [1.82, 2.24) is 4.90 Å². The first-order valence-electron chi connectivity index (χ1n) is 7.75. The Hall–Kier alpha value is -1.10. The summed E-state index contributed by atoms with van der Waals surface area (Å²) in [6, 6.07) is 0. The molecule has 0 atom stereocenters. The summed E-state index contributed by atoms with van der Waals surface area (Å²) in [6.07, 6.45) is 5.37. The van der Waals surface area contributed by atoms with Crippen LogP contribution in [0.25, 0.3) is 0 Å². The van der Waals surface area contributed by atoms with E-state index in [9.17, 15) is 9.59 Å². The number of carbonyl (C=O) groups is 2. The second kappa shape index (κ2) is 6.57. The maximum Gasteiger partial charge on any atom is 0.309 e. The molecule has 1 amide bonds. The van der Waals surface area contributed by atoms with Crippen molar-refractivity contribution in [1.29, 1.82) is 0 Å². The molecule has 1 heterocycles. The van der Waals surface area contributed by atoms with E-state index < -0.39 is 0 Å². The van der Waals surface area contributed by atoms with Crippen LogP contribution in [-0.4, -0.2) is 43.0 Å². The van der Waals surface area contributed by atoms with E-state index in [1.54, 1.807) is 0 Å². The zero-order chi connectivity index (χ0) is 14.6. The first kappa shape index (κ1) is 15.3. The Balaban J connectivity index is 1.78. The van der Waals surface area contributed by atoms with Gasteiger partial charge >= 0.3 is 5.97 Å². The van der Waals surface area contributed by atoms with Crippen molar-refractivity contribution in [3.05, 3.63) is 0 Å². The molecule has 2 fully saturated rings. The van der Waals surface area contributed by atoms with Crippen LogP contribution in [0.15, 0.2) is 0 Å². The third-order valence-electron chi connectivity index (χ3n) is 4.84. The molecule has 5 nitrogen and oxygen atoms in total. The van der Waals surface area contributed by atoms with E-state index in [4.69, 9.17) is 10.5 Å². The average molecular weight is 282 g/mol. The minimum atomic E-state index is -0.114. The molecule has 0 spiro atoms. The van der Waals surface area contributed by atoms with Crippen LogP contribution in [0, 0.1) is 11.3 Å². The largest absolute Gasteiger partial charge is 0.466 e. The van der Waals surface area contributed by atoms with Gasteiger partial charge in [0, 0.05) is 19.5 Å². The minimum absolute atomic E-state index is 0.0360. The van der Waals surface area contributed by atoms with Gasteiger partial charge in [0.1, 0.15) is 0 Å². The normalized spacial score (nSPS) is 22.2. The van der Waals surface area contributed by atoms with Crippen LogP contribution in [0.3, 0.4) is 0 Å². The maximum atomic E-state index is 12.3. The van der Waals surface area contributed by atoms with E-state index >= 15 is 0 Å². The van der Waals surface area contributed by atoms with Crippen molar-refractivity contribution in [2.24, 2.45) is 17.1 Å². The molecule has 0 bridgehead atoms. The van der Waals surface area contributed by atoms with Crippen molar-refractivity contribution < 1.29 is 14.3 Å². The number of nitrogens with zero attached hydrogens (tertiary/aromatic N) is 1. The molecule has 1 aliphatic heterocycles. The third kappa shape index (κ3) is 3.32. The summed E-state index contributed by atoms with van der Waals surface area (Å²) < 4.78 is 5.04. The number of nitrogens with two attached hydrogens (primary N) is 1. The van der Waals surface area contributed by atoms with Crippen LogP contribution < -0.4 is 5.73 Å². The van der Waals surface area contributed by atoms with Crippen molar-refractivity contribution in [3.8, 4) is 0 Å². The van der Waals surface area contributed by atoms with Gasteiger partial charge in [-0.05, 0) is 44.6 Å². The zero-order valence-electron chi connectivity index (χ0n) is 12.4. The zero-order valence-corrected chi connectivity index (χ0v) is 12.4. The maximum absolute atomic E-state index is 12.3. The van der Waals surface area contributed by atoms with Gasteiger partial charge in [-0.2, -0.15) is 0 Å². The Bertz CT molecular complexity index is 353. The van der Waals surface area contributed by atoms with Crippen LogP contribution in [0.1, 0.15) is 45.4 Å². The summed E-state index contributed by atoms with van der Waals surface area (Å²) in [6.45, 7) is 4.20. The van der Waals surface area contributed by atoms with E-state index in [0.29, 0.717) is 32.7 Å². The second-order valence-corrected chi connectivity index (χ2v) is 6.14. The summed E-state index contributed by atoms with van der Waals surface area (Å²) in [7, 11) is 0. The number of esters is 1. The van der Waals surface area contributed by atoms with Crippen LogP contribution in [0.5, 0.6) is 0 Å². The smallest absolute Gasteiger partial charge is 0.309 e. The van der Waals surface area contributed by atoms with Gasteiger partial charge in [0.15, 0.2) is 0 Å². The monoisotopic (exact) mass is 282 g/mol. The van der Waals surface area contributed by atoms with Crippen LogP contribution in [0.2, 0.25) is 0 Å². The molecule has 2 rings (SSSR count). The molecule has 0 aromatic carbocycles. The topological polar surface area (TPSA) is 72.6 Å². The lowest BCUT2D eigenvalue weighted by atomic mass is 9.66. The van der Waals surface area contributed by atoms with Gasteiger partial charge in [-0.3, -0.25) is 9.59 Å². The standard InChI is InChI=1S/C15H26N2O3/c1-2-20-14(19)12-4-8-17(9-5-12)13(18)10-15(11-16)6-3-7-15/h12H,2-11,16H2,1H3. The van der Waals surface area contributed by atoms with Crippen molar-refractivity contribution in [2.75, 3.05) is 26.2 Å². The highest BCUT2D eigenvalue weighted by molar-refractivity contribution is 5.78. The molecule has 0 aromatic heterocycles. The summed E-state index contributed by atoms with van der Waals surface area (Å²) in [5.41, 5.74) is 5.87. The number of piperidine rings is 1. The average Bonchev–Trinajstić information content (AvgIpc) is 2.43. The van der Waals surface area contributed by atoms with E-state index in [-0.39, 0.29) is 23.2 Å². The summed E-state index contributed by atoms with van der Waals surface area (Å²) in [5.74, 6) is 0.0562. The van der Waals surface area contributed by atoms with E-state index in [2.05, 4.69) is 0 Å². The lowest BCUT2D eigenvalue weighted by molar-refractivity contribution is -0.151. The Labute approximate surface area is 120 Å². The van der Waals surface area contributed by atoms with Gasteiger partial charge in [-0.1, -0.05) is 6.42 Å². The summed E-state index contributed by atoms with van der Waals surface area (Å²) in [5, 5.41) is 0. The first-order valence-corrected chi connectivity index (χ1v) is 7.75. The van der Waals surface area contributed by atoms with Gasteiger partial charge < -0.3 is 15.4 Å². The van der Waals surface area contributed by atoms with Gasteiger partial charge in [0.2, 0.25) is 5.91 Å². The number of amides is 1. The lowest BCUT2D eigenvalue weighted by Crippen LogP contribution is -2.46. The molecule has 1 saturated heterocycles. The molecule has 1 saturated carbocycles. The molecule has 20 heavy (non-hydrogen) atoms. The quantitative estimate of drug-likeness (QED) is 0.772. The Morgan fingerprint density at radius 2 is 1.95 bits per heavy atom. The molecule has 0 radical (unpaired) electrons. The molecule has 0 aromatic rings. The highest BCUT2D eigenvalue weighted by Gasteiger charge is 2.39. The molecular formula is C15H26N2O3. The predicted molar refractivity (Wildman–Crippen MR) is 75.9 cm³/mol. The van der Waals surface area contributed by atoms with Crippen LogP contribution >= 0.6 is 0 Å². The molecule has 2 N–H and O–H groups in total. The lowest BCUT2D eigenvalue weighted by Gasteiger charge is -2.42. The predicted octanol–water partition coefficient (Wildman–Crippen LogP) is 1.31. The van der Waals surface area contributed by atoms with Crippen LogP contribution in [-0.2, 0) is 14.3 Å². The molecule has 5 heteroatoms. The fraction of sp³-hybridized carbons (Fsp3) is 0.867. The Morgan fingerprint density at radius 3 is 2.40 bits per heavy atom. The SMILES string of the molecule is CCOC(=O)C1CCN(C(=O)CC2(CN)CCC2)CC1. The fourth-order valence-electron chi connectivity index (χ4n) is 3.19. The number of hydrogen-bond acceptors (Lipinski definition) is 4. The number of likely N-dealkylation sites (tertiary alicyclic amines) is 1. The van der Waals surface area contributed by atoms with Crippen LogP contribution in [0.4, 0.5) is 0 Å². The van der Waals surface area contributed by atoms with Crippen molar-refractivity contribution >= 4 is 11.9 Å². The Kier molecular flexibility index (Phi) is 5.02. The molecular weight excluding hydrogens is 256 g/mol.